The molecule has 0 heterocycles. The molecule has 2 fully saturated rings. The zero-order valence-corrected chi connectivity index (χ0v) is 13.3. The van der Waals surface area contributed by atoms with E-state index in [9.17, 15) is 10.4 Å². The molecule has 2 aliphatic rings. The molecule has 0 saturated heterocycles. The van der Waals surface area contributed by atoms with E-state index < -0.39 is 0 Å². The number of hydrogen-bond donors (Lipinski definition) is 1. The molecule has 0 aromatic heterocycles. The van der Waals surface area contributed by atoms with Crippen LogP contribution >= 0.6 is 12.0 Å². The van der Waals surface area contributed by atoms with Gasteiger partial charge in [0.05, 0.1) is 6.10 Å². The maximum atomic E-state index is 10.00. The summed E-state index contributed by atoms with van der Waals surface area (Å²) >= 11 is 1.09. The van der Waals surface area contributed by atoms with Crippen molar-refractivity contribution in [1.29, 1.82) is 0 Å². The Morgan fingerprint density at radius 2 is 1.88 bits per heavy atom. The molecule has 4 nitrogen and oxygen atoms in total. The van der Waals surface area contributed by atoms with Gasteiger partial charge in [-0.3, -0.25) is 5.04 Å². The first kappa shape index (κ1) is 16.2. The van der Waals surface area contributed by atoms with Gasteiger partial charge in [-0.15, -0.1) is 0 Å². The minimum atomic E-state index is -0.271. The summed E-state index contributed by atoms with van der Waals surface area (Å²) in [7, 11) is 0. The Balaban J connectivity index is 0.00000144. The van der Waals surface area contributed by atoms with Crippen molar-refractivity contribution >= 4 is 12.0 Å². The smallest absolute Gasteiger partial charge is 0.691 e. The molecule has 6 heteroatoms. The van der Waals surface area contributed by atoms with Crippen LogP contribution in [0.4, 0.5) is 0 Å². The fourth-order valence-electron chi connectivity index (χ4n) is 3.39. The van der Waals surface area contributed by atoms with Gasteiger partial charge in [-0.25, -0.2) is 0 Å². The van der Waals surface area contributed by atoms with Crippen LogP contribution in [0, 0.1) is 17.8 Å². The van der Waals surface area contributed by atoms with E-state index in [1.165, 1.54) is 25.7 Å². The summed E-state index contributed by atoms with van der Waals surface area (Å²) in [4.78, 5) is 0. The molecule has 0 amide bonds. The van der Waals surface area contributed by atoms with Crippen LogP contribution < -0.4 is 34.8 Å². The molecule has 2 saturated carbocycles. The van der Waals surface area contributed by atoms with E-state index in [1.807, 2.05) is 0 Å². The predicted molar refractivity (Wildman–Crippen MR) is 58.8 cm³/mol. The van der Waals surface area contributed by atoms with E-state index in [4.69, 9.17) is 0 Å². The van der Waals surface area contributed by atoms with Crippen LogP contribution in [0.25, 0.3) is 0 Å². The zero-order chi connectivity index (χ0) is 11.5. The van der Waals surface area contributed by atoms with Gasteiger partial charge in [-0.1, -0.05) is 19.8 Å². The van der Waals surface area contributed by atoms with Crippen LogP contribution in [0.2, 0.25) is 0 Å². The Kier molecular flexibility index (Phi) is 7.36. The van der Waals surface area contributed by atoms with Gasteiger partial charge in [0.1, 0.15) is 0 Å². The Morgan fingerprint density at radius 3 is 2.53 bits per heavy atom. The van der Waals surface area contributed by atoms with Crippen molar-refractivity contribution in [2.75, 3.05) is 0 Å². The fraction of sp³-hybridized carbons (Fsp3) is 1.00. The maximum absolute atomic E-state index is 10.00. The molecule has 2 aliphatic carbocycles. The summed E-state index contributed by atoms with van der Waals surface area (Å²) in [5, 5.41) is 23.5. The van der Waals surface area contributed by atoms with E-state index in [1.54, 1.807) is 0 Å². The molecule has 94 valence electrons. The van der Waals surface area contributed by atoms with Crippen molar-refractivity contribution < 1.29 is 49.3 Å². The normalized spacial score (nSPS) is 41.5. The minimum absolute atomic E-state index is 0. The van der Waals surface area contributed by atoms with Gasteiger partial charge >= 0.3 is 29.6 Å². The van der Waals surface area contributed by atoms with E-state index in [0.717, 1.165) is 12.0 Å². The van der Waals surface area contributed by atoms with Crippen molar-refractivity contribution in [3.63, 3.8) is 0 Å². The fourth-order valence-corrected chi connectivity index (χ4v) is 4.28. The number of hydrogen-bond acceptors (Lipinski definition) is 5. The molecule has 0 aromatic carbocycles. The van der Waals surface area contributed by atoms with Gasteiger partial charge < -0.3 is 10.4 Å². The second-order valence-corrected chi connectivity index (χ2v) is 5.98. The molecular weight excluding hydrogens is 251 g/mol. The summed E-state index contributed by atoms with van der Waals surface area (Å²) < 4.78 is 4.46. The summed E-state index contributed by atoms with van der Waals surface area (Å²) in [5.41, 5.74) is 0. The number of aliphatic hydroxyl groups excluding tert-OH is 1. The van der Waals surface area contributed by atoms with Crippen LogP contribution in [0.3, 0.4) is 0 Å². The van der Waals surface area contributed by atoms with Crippen molar-refractivity contribution in [2.24, 2.45) is 17.8 Å². The number of fused-ring (bicyclic) bond motifs is 1. The van der Waals surface area contributed by atoms with Crippen LogP contribution in [-0.4, -0.2) is 16.5 Å². The largest absolute Gasteiger partial charge is 1.00 e. The molecule has 0 aromatic rings. The molecule has 0 spiro atoms. The van der Waals surface area contributed by atoms with Crippen LogP contribution in [0.5, 0.6) is 0 Å². The average Bonchev–Trinajstić information content (AvgIpc) is 2.32. The first-order valence-corrected chi connectivity index (χ1v) is 6.84. The van der Waals surface area contributed by atoms with E-state index in [-0.39, 0.29) is 40.9 Å². The Labute approximate surface area is 129 Å². The topological polar surface area (TPSA) is 61.8 Å². The minimum Gasteiger partial charge on any atom is -0.691 e. The Bertz CT molecular complexity index is 232. The van der Waals surface area contributed by atoms with Gasteiger partial charge in [0.2, 0.25) is 0 Å². The monoisotopic (exact) mass is 270 g/mol. The molecule has 2 rings (SSSR count). The molecular formula is C11H19NaO4S. The Morgan fingerprint density at radius 1 is 1.24 bits per heavy atom. The van der Waals surface area contributed by atoms with E-state index >= 15 is 0 Å². The molecule has 1 N–H and O–H groups in total. The number of rotatable bonds is 3. The molecule has 5 atom stereocenters. The molecule has 17 heavy (non-hydrogen) atoms. The SMILES string of the molecule is CC1C(O)CC(SOO[O-])C2CCCCC12.[Na+]. The molecule has 0 bridgehead atoms. The van der Waals surface area contributed by atoms with E-state index in [2.05, 4.69) is 16.3 Å². The second-order valence-electron chi connectivity index (χ2n) is 5.05. The standard InChI is InChI=1S/C11H20O4S.Na/c1-7-8-4-2-3-5-9(8)11(6-10(7)12)16-15-14-13;/h7-13H,2-6H2,1H3;/q;+1/p-1. The van der Waals surface area contributed by atoms with Crippen LogP contribution in [0.1, 0.15) is 39.0 Å². The van der Waals surface area contributed by atoms with Gasteiger partial charge in [0.15, 0.2) is 0 Å². The first-order chi connectivity index (χ1) is 7.74. The zero-order valence-electron chi connectivity index (χ0n) is 10.5. The predicted octanol–water partition coefficient (Wildman–Crippen LogP) is -1.56. The molecule has 0 radical (unpaired) electrons. The third-order valence-corrected chi connectivity index (χ3v) is 5.22. The third kappa shape index (κ3) is 3.83. The first-order valence-electron chi connectivity index (χ1n) is 6.04. The summed E-state index contributed by atoms with van der Waals surface area (Å²) in [6.45, 7) is 2.14. The van der Waals surface area contributed by atoms with Crippen LogP contribution in [0.15, 0.2) is 0 Å². The van der Waals surface area contributed by atoms with Gasteiger partial charge in [0, 0.05) is 17.3 Å². The second kappa shape index (κ2) is 7.70. The van der Waals surface area contributed by atoms with Crippen molar-refractivity contribution in [2.45, 2.75) is 50.4 Å². The van der Waals surface area contributed by atoms with Crippen LogP contribution in [-0.2, 0) is 9.37 Å². The summed E-state index contributed by atoms with van der Waals surface area (Å²) in [5.74, 6) is 1.51. The quantitative estimate of drug-likeness (QED) is 0.291. The van der Waals surface area contributed by atoms with Crippen molar-refractivity contribution in [3.8, 4) is 0 Å². The van der Waals surface area contributed by atoms with Gasteiger partial charge in [0.25, 0.3) is 0 Å². The summed E-state index contributed by atoms with van der Waals surface area (Å²) in [6, 6.07) is 0. The third-order valence-electron chi connectivity index (χ3n) is 4.30. The van der Waals surface area contributed by atoms with Crippen molar-refractivity contribution in [1.82, 2.24) is 0 Å². The number of aliphatic hydroxyl groups is 1. The van der Waals surface area contributed by atoms with E-state index in [0.29, 0.717) is 24.2 Å². The Hall–Kier alpha value is 1.19. The average molecular weight is 270 g/mol. The molecule has 5 unspecified atom stereocenters. The summed E-state index contributed by atoms with van der Waals surface area (Å²) in [6.07, 6.45) is 5.32. The molecule has 0 aliphatic heterocycles. The van der Waals surface area contributed by atoms with Gasteiger partial charge in [-0.05, 0) is 37.0 Å². The van der Waals surface area contributed by atoms with Crippen molar-refractivity contribution in [3.05, 3.63) is 0 Å². The van der Waals surface area contributed by atoms with Gasteiger partial charge in [-0.2, -0.15) is 4.33 Å². The maximum Gasteiger partial charge on any atom is 1.00 e.